The van der Waals surface area contributed by atoms with Crippen molar-refractivity contribution in [2.75, 3.05) is 20.3 Å². The van der Waals surface area contributed by atoms with Gasteiger partial charge in [0, 0.05) is 21.0 Å². The summed E-state index contributed by atoms with van der Waals surface area (Å²) in [6, 6.07) is -2.32. The van der Waals surface area contributed by atoms with Crippen LogP contribution in [0.15, 0.2) is 0 Å². The van der Waals surface area contributed by atoms with Crippen molar-refractivity contribution < 1.29 is 54.1 Å². The molecule has 10 atom stereocenters. The fourth-order valence-corrected chi connectivity index (χ4v) is 3.57. The van der Waals surface area contributed by atoms with Crippen molar-refractivity contribution in [3.05, 3.63) is 0 Å². The minimum absolute atomic E-state index is 0.477. The van der Waals surface area contributed by atoms with E-state index in [0.717, 1.165) is 0 Å². The molecule has 0 bridgehead atoms. The molecular weight excluding hydrogens is 408 g/mol. The summed E-state index contributed by atoms with van der Waals surface area (Å²) < 4.78 is 21.9. The number of carbonyl (C=O) groups is 2. The van der Waals surface area contributed by atoms with Crippen LogP contribution in [0, 0.1) is 0 Å². The summed E-state index contributed by atoms with van der Waals surface area (Å²) in [5.74, 6) is -1.03. The molecule has 0 spiro atoms. The predicted octanol–water partition coefficient (Wildman–Crippen LogP) is -4.46. The highest BCUT2D eigenvalue weighted by molar-refractivity contribution is 5.73. The monoisotopic (exact) mass is 438 g/mol. The second-order valence-electron chi connectivity index (χ2n) is 7.21. The second-order valence-corrected chi connectivity index (χ2v) is 7.21. The van der Waals surface area contributed by atoms with Gasteiger partial charge in [0.15, 0.2) is 12.6 Å². The lowest BCUT2D eigenvalue weighted by Crippen LogP contribution is -2.69. The van der Waals surface area contributed by atoms with E-state index in [0.29, 0.717) is 0 Å². The summed E-state index contributed by atoms with van der Waals surface area (Å²) in [5.41, 5.74) is 0. The molecule has 174 valence electrons. The standard InChI is InChI=1S/C17H30N2O11/c1-6(22)18-10-13(25)12(24)8(4-20)28-17(10)30-15-9(5-21)29-16(27-3)11(14(15)26)19-7(2)23/h8-17,20-21,24-26H,4-5H2,1-3H3,(H,18,22)(H,19,23)/t8-,9-,10-,11-,12+,13-,14-,15-,16+,17+/m1/s1. The number of nitrogens with one attached hydrogen (secondary N) is 2. The van der Waals surface area contributed by atoms with Gasteiger partial charge in [-0.3, -0.25) is 9.59 Å². The molecule has 2 saturated heterocycles. The molecule has 30 heavy (non-hydrogen) atoms. The van der Waals surface area contributed by atoms with E-state index in [9.17, 15) is 35.1 Å². The average Bonchev–Trinajstić information content (AvgIpc) is 2.69. The Hall–Kier alpha value is -1.42. The quantitative estimate of drug-likeness (QED) is 0.202. The van der Waals surface area contributed by atoms with Gasteiger partial charge in [-0.25, -0.2) is 0 Å². The van der Waals surface area contributed by atoms with E-state index in [1.165, 1.54) is 21.0 Å². The Labute approximate surface area is 172 Å². The van der Waals surface area contributed by atoms with Crippen LogP contribution in [-0.2, 0) is 28.5 Å². The third-order valence-corrected chi connectivity index (χ3v) is 5.00. The molecule has 2 amide bonds. The van der Waals surface area contributed by atoms with Crippen molar-refractivity contribution in [1.82, 2.24) is 10.6 Å². The first-order chi connectivity index (χ1) is 14.1. The molecule has 2 fully saturated rings. The van der Waals surface area contributed by atoms with Crippen LogP contribution >= 0.6 is 0 Å². The van der Waals surface area contributed by atoms with Gasteiger partial charge in [-0.2, -0.15) is 0 Å². The van der Waals surface area contributed by atoms with Crippen LogP contribution in [0.25, 0.3) is 0 Å². The van der Waals surface area contributed by atoms with Gasteiger partial charge in [-0.15, -0.1) is 0 Å². The first kappa shape index (κ1) is 24.8. The van der Waals surface area contributed by atoms with E-state index in [1.54, 1.807) is 0 Å². The van der Waals surface area contributed by atoms with Crippen LogP contribution in [0.1, 0.15) is 13.8 Å². The molecule has 7 N–H and O–H groups in total. The van der Waals surface area contributed by atoms with Gasteiger partial charge in [0.25, 0.3) is 0 Å². The summed E-state index contributed by atoms with van der Waals surface area (Å²) >= 11 is 0. The fraction of sp³-hybridized carbons (Fsp3) is 0.882. The van der Waals surface area contributed by atoms with Gasteiger partial charge in [0.2, 0.25) is 11.8 Å². The van der Waals surface area contributed by atoms with Crippen molar-refractivity contribution in [2.24, 2.45) is 0 Å². The number of aliphatic hydroxyl groups excluding tert-OH is 5. The van der Waals surface area contributed by atoms with E-state index >= 15 is 0 Å². The number of methoxy groups -OCH3 is 1. The van der Waals surface area contributed by atoms with Crippen molar-refractivity contribution in [1.29, 1.82) is 0 Å². The first-order valence-corrected chi connectivity index (χ1v) is 9.43. The van der Waals surface area contributed by atoms with E-state index in [-0.39, 0.29) is 0 Å². The van der Waals surface area contributed by atoms with Crippen LogP contribution in [0.5, 0.6) is 0 Å². The maximum absolute atomic E-state index is 11.6. The maximum Gasteiger partial charge on any atom is 0.217 e. The van der Waals surface area contributed by atoms with E-state index in [1.807, 2.05) is 0 Å². The highest BCUT2D eigenvalue weighted by atomic mass is 16.7. The number of hydrogen-bond donors (Lipinski definition) is 7. The van der Waals surface area contributed by atoms with Crippen molar-refractivity contribution in [2.45, 2.75) is 75.1 Å². The minimum atomic E-state index is -1.56. The number of aliphatic hydroxyl groups is 5. The average molecular weight is 438 g/mol. The summed E-state index contributed by atoms with van der Waals surface area (Å²) in [6.07, 6.45) is -10.7. The highest BCUT2D eigenvalue weighted by Crippen LogP contribution is 2.29. The molecule has 2 rings (SSSR count). The number of amides is 2. The zero-order valence-corrected chi connectivity index (χ0v) is 16.9. The van der Waals surface area contributed by atoms with Crippen LogP contribution in [0.4, 0.5) is 0 Å². The Bertz CT molecular complexity index is 594. The predicted molar refractivity (Wildman–Crippen MR) is 96.6 cm³/mol. The number of hydrogen-bond acceptors (Lipinski definition) is 11. The molecule has 0 aromatic rings. The number of carbonyl (C=O) groups excluding carboxylic acids is 2. The second kappa shape index (κ2) is 10.7. The Morgan fingerprint density at radius 2 is 1.33 bits per heavy atom. The van der Waals surface area contributed by atoms with Gasteiger partial charge in [-0.1, -0.05) is 0 Å². The van der Waals surface area contributed by atoms with E-state index in [2.05, 4.69) is 10.6 Å². The minimum Gasteiger partial charge on any atom is -0.394 e. The summed E-state index contributed by atoms with van der Waals surface area (Å²) in [5, 5.41) is 55.2. The number of rotatable bonds is 7. The molecule has 13 heteroatoms. The molecule has 2 aliphatic heterocycles. The smallest absolute Gasteiger partial charge is 0.217 e. The normalized spacial score (nSPS) is 41.9. The summed E-state index contributed by atoms with van der Waals surface area (Å²) in [4.78, 5) is 23.1. The third-order valence-electron chi connectivity index (χ3n) is 5.00. The molecular formula is C17H30N2O11. The summed E-state index contributed by atoms with van der Waals surface area (Å²) in [7, 11) is 1.29. The molecule has 0 aliphatic carbocycles. The van der Waals surface area contributed by atoms with Crippen molar-refractivity contribution in [3.63, 3.8) is 0 Å². The van der Waals surface area contributed by atoms with Gasteiger partial charge in [-0.05, 0) is 0 Å². The van der Waals surface area contributed by atoms with Gasteiger partial charge in [0.05, 0.1) is 13.2 Å². The molecule has 0 aromatic heterocycles. The first-order valence-electron chi connectivity index (χ1n) is 9.43. The Kier molecular flexibility index (Phi) is 8.90. The maximum atomic E-state index is 11.6. The van der Waals surface area contributed by atoms with Gasteiger partial charge >= 0.3 is 0 Å². The third kappa shape index (κ3) is 5.43. The fourth-order valence-electron chi connectivity index (χ4n) is 3.57. The Morgan fingerprint density at radius 1 is 0.833 bits per heavy atom. The Morgan fingerprint density at radius 3 is 1.80 bits per heavy atom. The lowest BCUT2D eigenvalue weighted by Gasteiger charge is -2.47. The molecule has 0 radical (unpaired) electrons. The van der Waals surface area contributed by atoms with Crippen LogP contribution < -0.4 is 10.6 Å². The van der Waals surface area contributed by atoms with E-state index < -0.39 is 86.3 Å². The molecule has 0 saturated carbocycles. The zero-order valence-electron chi connectivity index (χ0n) is 16.9. The largest absolute Gasteiger partial charge is 0.394 e. The van der Waals surface area contributed by atoms with Crippen LogP contribution in [0.3, 0.4) is 0 Å². The van der Waals surface area contributed by atoms with Crippen molar-refractivity contribution >= 4 is 11.8 Å². The zero-order chi connectivity index (χ0) is 22.6. The SMILES string of the molecule is CO[C@H]1O[C@H](CO)[C@@H](O[C@@H]2O[C@H](CO)[C@H](O)[C@H](O)[C@H]2NC(C)=O)[C@H](O)[C@H]1NC(C)=O. The van der Waals surface area contributed by atoms with Gasteiger partial charge < -0.3 is 55.1 Å². The lowest BCUT2D eigenvalue weighted by atomic mass is 9.94. The molecule has 2 aliphatic rings. The Balaban J connectivity index is 2.29. The molecule has 13 nitrogen and oxygen atoms in total. The highest BCUT2D eigenvalue weighted by Gasteiger charge is 2.51. The van der Waals surface area contributed by atoms with E-state index in [4.69, 9.17) is 18.9 Å². The van der Waals surface area contributed by atoms with Gasteiger partial charge in [0.1, 0.15) is 48.7 Å². The molecule has 0 aromatic carbocycles. The molecule has 0 unspecified atom stereocenters. The van der Waals surface area contributed by atoms with Crippen LogP contribution in [-0.4, -0.2) is 119 Å². The van der Waals surface area contributed by atoms with Crippen LogP contribution in [0.2, 0.25) is 0 Å². The van der Waals surface area contributed by atoms with Crippen molar-refractivity contribution in [3.8, 4) is 0 Å². The molecule has 2 heterocycles. The number of ether oxygens (including phenoxy) is 4. The lowest BCUT2D eigenvalue weighted by molar-refractivity contribution is -0.330. The topological polar surface area (TPSA) is 196 Å². The summed E-state index contributed by atoms with van der Waals surface area (Å²) in [6.45, 7) is 1.16.